The van der Waals surface area contributed by atoms with Crippen molar-refractivity contribution in [1.82, 2.24) is 0 Å². The van der Waals surface area contributed by atoms with Gasteiger partial charge in [-0.3, -0.25) is 0 Å². The van der Waals surface area contributed by atoms with Gasteiger partial charge in [0.2, 0.25) is 0 Å². The zero-order valence-corrected chi connectivity index (χ0v) is 8.16. The van der Waals surface area contributed by atoms with Crippen LogP contribution in [0.15, 0.2) is 0 Å². The molecule has 1 rings (SSSR count). The van der Waals surface area contributed by atoms with E-state index in [2.05, 4.69) is 13.8 Å². The third kappa shape index (κ3) is 2.19. The van der Waals surface area contributed by atoms with Crippen LogP contribution in [0.1, 0.15) is 33.1 Å². The van der Waals surface area contributed by atoms with Crippen molar-refractivity contribution in [1.29, 1.82) is 0 Å². The molecule has 4 unspecified atom stereocenters. The highest BCUT2D eigenvalue weighted by atomic mass is 16.8. The fraction of sp³-hybridized carbons (Fsp3) is 1.00. The maximum absolute atomic E-state index is 11.3. The average molecular weight is 173 g/mol. The third-order valence-electron chi connectivity index (χ3n) is 3.00. The summed E-state index contributed by atoms with van der Waals surface area (Å²) in [6, 6.07) is -0.110. The minimum Gasteiger partial charge on any atom is -0.598 e. The molecule has 0 heterocycles. The Kier molecular flexibility index (Phi) is 2.76. The van der Waals surface area contributed by atoms with E-state index in [-0.39, 0.29) is 6.04 Å². The minimum absolute atomic E-state index is 0.110. The van der Waals surface area contributed by atoms with E-state index < -0.39 is 4.81 Å². The first kappa shape index (κ1) is 9.96. The second kappa shape index (κ2) is 3.32. The van der Waals surface area contributed by atoms with Crippen LogP contribution in [0.4, 0.5) is 0 Å². The second-order valence-electron chi connectivity index (χ2n) is 4.41. The van der Waals surface area contributed by atoms with Crippen molar-refractivity contribution in [2.75, 3.05) is 7.05 Å². The Morgan fingerprint density at radius 3 is 2.33 bits per heavy atom. The molecule has 0 aromatic heterocycles. The lowest BCUT2D eigenvalue weighted by Gasteiger charge is -2.43. The molecule has 3 nitrogen and oxygen atoms in total. The van der Waals surface area contributed by atoms with Crippen molar-refractivity contribution in [3.63, 3.8) is 0 Å². The molecule has 1 aliphatic rings. The zero-order chi connectivity index (χ0) is 9.35. The van der Waals surface area contributed by atoms with E-state index >= 15 is 0 Å². The lowest BCUT2D eigenvalue weighted by Crippen LogP contribution is -2.49. The van der Waals surface area contributed by atoms with Gasteiger partial charge in [-0.05, 0) is 18.8 Å². The molecule has 12 heavy (non-hydrogen) atoms. The fourth-order valence-electron chi connectivity index (χ4n) is 2.36. The molecule has 72 valence electrons. The van der Waals surface area contributed by atoms with Crippen LogP contribution in [0, 0.1) is 17.0 Å². The highest BCUT2D eigenvalue weighted by Crippen LogP contribution is 2.33. The van der Waals surface area contributed by atoms with Crippen molar-refractivity contribution in [3.8, 4) is 0 Å². The summed E-state index contributed by atoms with van der Waals surface area (Å²) in [5.41, 5.74) is 0. The van der Waals surface area contributed by atoms with Crippen molar-refractivity contribution in [2.24, 2.45) is 11.8 Å². The van der Waals surface area contributed by atoms with Crippen LogP contribution < -0.4 is 0 Å². The standard InChI is InChI=1S/C9H19NO2/c1-7-4-5-9(8(2)6-7)10(3,11)12/h7-9,11H,4-6H2,1-3H3. The molecule has 1 saturated carbocycles. The summed E-state index contributed by atoms with van der Waals surface area (Å²) in [5.74, 6) is 1.06. The van der Waals surface area contributed by atoms with Gasteiger partial charge in [0.25, 0.3) is 0 Å². The van der Waals surface area contributed by atoms with E-state index in [1.165, 1.54) is 7.05 Å². The maximum atomic E-state index is 11.3. The van der Waals surface area contributed by atoms with Crippen LogP contribution >= 0.6 is 0 Å². The van der Waals surface area contributed by atoms with E-state index in [0.717, 1.165) is 19.3 Å². The largest absolute Gasteiger partial charge is 0.598 e. The van der Waals surface area contributed by atoms with E-state index in [1.54, 1.807) is 0 Å². The predicted octanol–water partition coefficient (Wildman–Crippen LogP) is 2.14. The Hall–Kier alpha value is -0.120. The molecule has 0 aliphatic heterocycles. The van der Waals surface area contributed by atoms with Crippen LogP contribution in [0.3, 0.4) is 0 Å². The summed E-state index contributed by atoms with van der Waals surface area (Å²) in [6.45, 7) is 4.27. The number of nitrogens with zero attached hydrogens (tertiary/aromatic N) is 1. The van der Waals surface area contributed by atoms with Crippen LogP contribution in [-0.2, 0) is 0 Å². The van der Waals surface area contributed by atoms with Gasteiger partial charge in [0.1, 0.15) is 6.04 Å². The second-order valence-corrected chi connectivity index (χ2v) is 4.41. The predicted molar refractivity (Wildman–Crippen MR) is 47.3 cm³/mol. The molecule has 0 aromatic rings. The molecule has 4 atom stereocenters. The third-order valence-corrected chi connectivity index (χ3v) is 3.00. The van der Waals surface area contributed by atoms with Gasteiger partial charge in [-0.25, -0.2) is 10.0 Å². The van der Waals surface area contributed by atoms with Gasteiger partial charge in [-0.15, -0.1) is 0 Å². The van der Waals surface area contributed by atoms with Crippen molar-refractivity contribution >= 4 is 0 Å². The molecule has 0 saturated heterocycles. The van der Waals surface area contributed by atoms with E-state index in [1.807, 2.05) is 0 Å². The Morgan fingerprint density at radius 2 is 1.92 bits per heavy atom. The van der Waals surface area contributed by atoms with Gasteiger partial charge in [0.15, 0.2) is 0 Å². The summed E-state index contributed by atoms with van der Waals surface area (Å²) >= 11 is 0. The fourth-order valence-corrected chi connectivity index (χ4v) is 2.36. The Morgan fingerprint density at radius 1 is 1.33 bits per heavy atom. The SMILES string of the molecule is CC1CCC([N+](C)([O-])O)C(C)C1. The quantitative estimate of drug-likeness (QED) is 0.487. The molecular formula is C9H19NO2. The highest BCUT2D eigenvalue weighted by Gasteiger charge is 2.34. The van der Waals surface area contributed by atoms with Gasteiger partial charge in [-0.2, -0.15) is 0 Å². The molecule has 1 N–H and O–H groups in total. The number of hydrogen-bond acceptors (Lipinski definition) is 2. The van der Waals surface area contributed by atoms with Crippen LogP contribution in [0.2, 0.25) is 0 Å². The summed E-state index contributed by atoms with van der Waals surface area (Å²) in [5, 5.41) is 20.5. The lowest BCUT2D eigenvalue weighted by atomic mass is 9.79. The van der Waals surface area contributed by atoms with Gasteiger partial charge in [0, 0.05) is 12.3 Å². The summed E-state index contributed by atoms with van der Waals surface area (Å²) < 4.78 is 0. The molecule has 0 amide bonds. The number of hydrogen-bond donors (Lipinski definition) is 1. The molecule has 3 heteroatoms. The van der Waals surface area contributed by atoms with Crippen LogP contribution in [0.25, 0.3) is 0 Å². The summed E-state index contributed by atoms with van der Waals surface area (Å²) in [6.07, 6.45) is 3.01. The molecule has 1 aliphatic carbocycles. The molecule has 0 bridgehead atoms. The molecule has 1 fully saturated rings. The number of hydroxylamine groups is 4. The highest BCUT2D eigenvalue weighted by molar-refractivity contribution is 4.75. The van der Waals surface area contributed by atoms with Crippen LogP contribution in [-0.4, -0.2) is 23.1 Å². The van der Waals surface area contributed by atoms with E-state index in [9.17, 15) is 10.4 Å². The Labute approximate surface area is 74.1 Å². The lowest BCUT2D eigenvalue weighted by molar-refractivity contribution is -1.07. The summed E-state index contributed by atoms with van der Waals surface area (Å²) in [7, 11) is 1.33. The van der Waals surface area contributed by atoms with E-state index in [4.69, 9.17) is 0 Å². The number of rotatable bonds is 1. The molecule has 0 spiro atoms. The average Bonchev–Trinajstić information content (AvgIpc) is 1.83. The Bertz CT molecular complexity index is 153. The zero-order valence-electron chi connectivity index (χ0n) is 8.16. The van der Waals surface area contributed by atoms with Gasteiger partial charge in [-0.1, -0.05) is 13.8 Å². The smallest absolute Gasteiger partial charge is 0.121 e. The first-order valence-electron chi connectivity index (χ1n) is 4.71. The van der Waals surface area contributed by atoms with E-state index in [0.29, 0.717) is 11.8 Å². The number of quaternary nitrogens is 1. The normalized spacial score (nSPS) is 42.2. The monoisotopic (exact) mass is 173 g/mol. The topological polar surface area (TPSA) is 43.3 Å². The first-order chi connectivity index (χ1) is 5.41. The molecular weight excluding hydrogens is 154 g/mol. The van der Waals surface area contributed by atoms with Crippen LogP contribution in [0.5, 0.6) is 0 Å². The summed E-state index contributed by atoms with van der Waals surface area (Å²) in [4.78, 5) is -1.10. The first-order valence-corrected chi connectivity index (χ1v) is 4.71. The van der Waals surface area contributed by atoms with Crippen molar-refractivity contribution in [2.45, 2.75) is 39.2 Å². The van der Waals surface area contributed by atoms with Crippen molar-refractivity contribution in [3.05, 3.63) is 5.21 Å². The Balaban J connectivity index is 2.57. The van der Waals surface area contributed by atoms with Gasteiger partial charge >= 0.3 is 0 Å². The van der Waals surface area contributed by atoms with Crippen molar-refractivity contribution < 1.29 is 10.0 Å². The molecule has 0 radical (unpaired) electrons. The van der Waals surface area contributed by atoms with Gasteiger partial charge in [0.05, 0.1) is 7.05 Å². The van der Waals surface area contributed by atoms with Gasteiger partial charge < -0.3 is 5.21 Å². The minimum atomic E-state index is -1.10. The molecule has 0 aromatic carbocycles. The maximum Gasteiger partial charge on any atom is 0.121 e.